The van der Waals surface area contributed by atoms with Gasteiger partial charge in [0.05, 0.1) is 19.3 Å². The van der Waals surface area contributed by atoms with Crippen LogP contribution in [0.15, 0.2) is 45.6 Å². The number of aliphatic hydroxyl groups excluding tert-OH is 9. The Morgan fingerprint density at radius 2 is 1.30 bits per heavy atom. The van der Waals surface area contributed by atoms with Crippen LogP contribution in [0.5, 0.6) is 23.0 Å². The fraction of sp³-hybridized carbons (Fsp3) is 0.545. The maximum Gasteiger partial charge on any atom is 0.239 e. The van der Waals surface area contributed by atoms with E-state index in [2.05, 4.69) is 0 Å². The van der Waals surface area contributed by atoms with Crippen molar-refractivity contribution in [2.24, 2.45) is 0 Å². The first kappa shape index (κ1) is 39.0. The molecule has 0 spiro atoms. The number of aromatic hydroxyl groups is 3. The van der Waals surface area contributed by atoms with Gasteiger partial charge in [-0.05, 0) is 31.2 Å². The van der Waals surface area contributed by atoms with Crippen molar-refractivity contribution in [1.82, 2.24) is 0 Å². The summed E-state index contributed by atoms with van der Waals surface area (Å²) in [6, 6.07) is 7.08. The zero-order valence-electron chi connectivity index (χ0n) is 27.7. The molecule has 3 saturated heterocycles. The standard InChI is InChI=1S/C33H40O20/c1-10-19(38)23(42)27(46)32(48-10)53-30-25(44)21(40)17(9-47-31-26(45)24(43)20(39)16(8-34)50-31)51-33(30)52-29-22(41)18-14(37)6-13(36)7-15(18)49-28(29)11-2-4-12(35)5-3-11/h2-7,10,16-17,19-21,23-27,30-40,42-46H,8-9H2,1H3/t10?,16?,17?,19-,20+,21+,23?,24-,25?,26?,27-,30?,31+,32-,33-/m0/s1. The molecule has 7 unspecified atom stereocenters. The molecule has 3 aromatic rings. The van der Waals surface area contributed by atoms with Gasteiger partial charge >= 0.3 is 0 Å². The second-order valence-corrected chi connectivity index (χ2v) is 12.9. The number of ether oxygens (including phenoxy) is 6. The van der Waals surface area contributed by atoms with E-state index in [4.69, 9.17) is 32.8 Å². The van der Waals surface area contributed by atoms with E-state index in [1.807, 2.05) is 0 Å². The Hall–Kier alpha value is -3.71. The molecule has 12 N–H and O–H groups in total. The van der Waals surface area contributed by atoms with Crippen LogP contribution in [0.1, 0.15) is 6.92 Å². The summed E-state index contributed by atoms with van der Waals surface area (Å²) in [5.41, 5.74) is -1.21. The van der Waals surface area contributed by atoms with E-state index in [1.54, 1.807) is 0 Å². The molecule has 53 heavy (non-hydrogen) atoms. The lowest BCUT2D eigenvalue weighted by Crippen LogP contribution is -2.65. The summed E-state index contributed by atoms with van der Waals surface area (Å²) in [6.45, 7) is -0.157. The van der Waals surface area contributed by atoms with Gasteiger partial charge in [-0.2, -0.15) is 0 Å². The zero-order chi connectivity index (χ0) is 38.5. The van der Waals surface area contributed by atoms with Crippen LogP contribution in [0.25, 0.3) is 22.3 Å². The van der Waals surface area contributed by atoms with E-state index in [1.165, 1.54) is 31.2 Å². The van der Waals surface area contributed by atoms with Crippen molar-refractivity contribution < 1.29 is 94.1 Å². The van der Waals surface area contributed by atoms with Gasteiger partial charge in [-0.1, -0.05) is 0 Å². The van der Waals surface area contributed by atoms with Crippen molar-refractivity contribution in [3.05, 3.63) is 46.6 Å². The van der Waals surface area contributed by atoms with Crippen molar-refractivity contribution in [1.29, 1.82) is 0 Å². The van der Waals surface area contributed by atoms with Gasteiger partial charge in [-0.3, -0.25) is 4.79 Å². The highest BCUT2D eigenvalue weighted by Crippen LogP contribution is 2.38. The average molecular weight is 757 g/mol. The topological polar surface area (TPSA) is 328 Å². The fourth-order valence-corrected chi connectivity index (χ4v) is 6.25. The summed E-state index contributed by atoms with van der Waals surface area (Å²) in [4.78, 5) is 14.0. The number of benzene rings is 2. The van der Waals surface area contributed by atoms with Gasteiger partial charge in [-0.15, -0.1) is 0 Å². The molecule has 15 atom stereocenters. The van der Waals surface area contributed by atoms with Crippen LogP contribution < -0.4 is 10.2 Å². The number of rotatable bonds is 9. The Labute approximate surface area is 298 Å². The molecule has 0 radical (unpaired) electrons. The molecule has 2 aromatic carbocycles. The molecule has 292 valence electrons. The molecular formula is C33H40O20. The lowest BCUT2D eigenvalue weighted by molar-refractivity contribution is -0.360. The van der Waals surface area contributed by atoms with Crippen LogP contribution in [0.3, 0.4) is 0 Å². The van der Waals surface area contributed by atoms with Crippen LogP contribution in [0.2, 0.25) is 0 Å². The lowest BCUT2D eigenvalue weighted by atomic mass is 9.97. The average Bonchev–Trinajstić information content (AvgIpc) is 3.12. The first-order valence-electron chi connectivity index (χ1n) is 16.4. The second-order valence-electron chi connectivity index (χ2n) is 12.9. The Morgan fingerprint density at radius 1 is 0.679 bits per heavy atom. The maximum absolute atomic E-state index is 14.0. The minimum absolute atomic E-state index is 0.118. The van der Waals surface area contributed by atoms with Crippen molar-refractivity contribution in [2.45, 2.75) is 99.0 Å². The monoisotopic (exact) mass is 756 g/mol. The van der Waals surface area contributed by atoms with Crippen molar-refractivity contribution in [3.63, 3.8) is 0 Å². The van der Waals surface area contributed by atoms with Gasteiger partial charge in [0.2, 0.25) is 17.5 Å². The minimum atomic E-state index is -2.04. The molecule has 0 bridgehead atoms. The molecule has 6 rings (SSSR count). The molecule has 20 nitrogen and oxygen atoms in total. The van der Waals surface area contributed by atoms with E-state index >= 15 is 0 Å². The Morgan fingerprint density at radius 3 is 1.98 bits per heavy atom. The summed E-state index contributed by atoms with van der Waals surface area (Å²) < 4.78 is 40.0. The predicted molar refractivity (Wildman–Crippen MR) is 171 cm³/mol. The van der Waals surface area contributed by atoms with Crippen LogP contribution >= 0.6 is 0 Å². The van der Waals surface area contributed by atoms with E-state index < -0.39 is 133 Å². The zero-order valence-corrected chi connectivity index (χ0v) is 27.7. The number of phenolic OH excluding ortho intramolecular Hbond substituents is 3. The highest BCUT2D eigenvalue weighted by Gasteiger charge is 2.52. The summed E-state index contributed by atoms with van der Waals surface area (Å²) >= 11 is 0. The van der Waals surface area contributed by atoms with E-state index in [0.29, 0.717) is 0 Å². The smallest absolute Gasteiger partial charge is 0.239 e. The first-order valence-corrected chi connectivity index (χ1v) is 16.4. The molecule has 20 heteroatoms. The SMILES string of the molecule is CC1O[C@@H](OC2C(O)[C@H](O)C(CO[C@@H]3OC(CO)[C@@H](O)[C@H](O)C3O)O[C@H]2Oc2c(-c3ccc(O)cc3)oc3cc(O)cc(O)c3c2=O)[C@@H](O)C(O)[C@H]1O. The number of fused-ring (bicyclic) bond motifs is 1. The molecule has 3 aliphatic heterocycles. The number of phenols is 3. The fourth-order valence-electron chi connectivity index (χ4n) is 6.25. The van der Waals surface area contributed by atoms with Crippen LogP contribution in [-0.4, -0.2) is 167 Å². The molecule has 3 aliphatic rings. The minimum Gasteiger partial charge on any atom is -0.508 e. The normalized spacial score (nSPS) is 37.8. The highest BCUT2D eigenvalue weighted by atomic mass is 16.8. The highest BCUT2D eigenvalue weighted by molar-refractivity contribution is 5.88. The van der Waals surface area contributed by atoms with Crippen LogP contribution in [-0.2, 0) is 23.7 Å². The van der Waals surface area contributed by atoms with Crippen LogP contribution in [0, 0.1) is 0 Å². The first-order chi connectivity index (χ1) is 25.1. The van der Waals surface area contributed by atoms with Gasteiger partial charge in [0.15, 0.2) is 24.4 Å². The van der Waals surface area contributed by atoms with E-state index in [0.717, 1.165) is 12.1 Å². The molecule has 3 fully saturated rings. The molecule has 0 saturated carbocycles. The third-order valence-electron chi connectivity index (χ3n) is 9.30. The Bertz CT molecular complexity index is 1780. The van der Waals surface area contributed by atoms with Gasteiger partial charge < -0.3 is 94.1 Å². The van der Waals surface area contributed by atoms with Crippen LogP contribution in [0.4, 0.5) is 0 Å². The third-order valence-corrected chi connectivity index (χ3v) is 9.30. The Kier molecular flexibility index (Phi) is 11.5. The molecular weight excluding hydrogens is 716 g/mol. The third kappa shape index (κ3) is 7.52. The lowest BCUT2D eigenvalue weighted by Gasteiger charge is -2.46. The Balaban J connectivity index is 1.38. The predicted octanol–water partition coefficient (Wildman–Crippen LogP) is -3.57. The summed E-state index contributed by atoms with van der Waals surface area (Å²) in [5.74, 6) is -2.36. The van der Waals surface area contributed by atoms with E-state index in [-0.39, 0.29) is 22.7 Å². The largest absolute Gasteiger partial charge is 0.508 e. The molecule has 0 amide bonds. The van der Waals surface area contributed by atoms with E-state index in [9.17, 15) is 66.1 Å². The second kappa shape index (κ2) is 15.6. The molecule has 4 heterocycles. The molecule has 1 aromatic heterocycles. The quantitative estimate of drug-likeness (QED) is 0.100. The van der Waals surface area contributed by atoms with Gasteiger partial charge in [0.25, 0.3) is 0 Å². The van der Waals surface area contributed by atoms with Gasteiger partial charge in [0.1, 0.15) is 89.3 Å². The summed E-state index contributed by atoms with van der Waals surface area (Å²) in [6.07, 6.45) is -26.0. The number of aliphatic hydroxyl groups is 9. The van der Waals surface area contributed by atoms with Crippen molar-refractivity contribution in [3.8, 4) is 34.3 Å². The van der Waals surface area contributed by atoms with Gasteiger partial charge in [-0.25, -0.2) is 0 Å². The molecule has 0 aliphatic carbocycles. The van der Waals surface area contributed by atoms with Gasteiger partial charge in [0, 0.05) is 17.7 Å². The maximum atomic E-state index is 14.0. The summed E-state index contributed by atoms with van der Waals surface area (Å²) in [5, 5.41) is 124. The van der Waals surface area contributed by atoms with Crippen molar-refractivity contribution >= 4 is 11.0 Å². The van der Waals surface area contributed by atoms with Crippen molar-refractivity contribution in [2.75, 3.05) is 13.2 Å². The number of hydrogen-bond acceptors (Lipinski definition) is 20. The summed E-state index contributed by atoms with van der Waals surface area (Å²) in [7, 11) is 0. The number of hydrogen-bond donors (Lipinski definition) is 12.